The van der Waals surface area contributed by atoms with E-state index >= 15 is 0 Å². The monoisotopic (exact) mass is 337 g/mol. The summed E-state index contributed by atoms with van der Waals surface area (Å²) in [7, 11) is 1.58. The zero-order valence-corrected chi connectivity index (χ0v) is 13.6. The van der Waals surface area contributed by atoms with E-state index in [4.69, 9.17) is 9.47 Å². The molecule has 1 unspecified atom stereocenters. The minimum atomic E-state index is -1.21. The molecule has 0 spiro atoms. The summed E-state index contributed by atoms with van der Waals surface area (Å²) in [6, 6.07) is 7.06. The fourth-order valence-corrected chi connectivity index (χ4v) is 2.77. The molecule has 1 aromatic carbocycles. The first kappa shape index (κ1) is 16.5. The molecular weight excluding hydrogens is 317 g/mol. The Morgan fingerprint density at radius 1 is 1.38 bits per heavy atom. The maximum absolute atomic E-state index is 14.0. The lowest BCUT2D eigenvalue weighted by atomic mass is 10.2. The van der Waals surface area contributed by atoms with E-state index < -0.39 is 18.6 Å². The molecule has 2 amide bonds. The van der Waals surface area contributed by atoms with Gasteiger partial charge in [-0.05, 0) is 18.2 Å². The van der Waals surface area contributed by atoms with Gasteiger partial charge in [0.05, 0.1) is 19.8 Å². The number of carbonyl (C=O) groups is 2. The number of amides is 2. The lowest BCUT2D eigenvalue weighted by Gasteiger charge is -2.32. The molecule has 130 valence electrons. The molecule has 0 aromatic heterocycles. The molecule has 2 fully saturated rings. The number of alkyl halides is 1. The quantitative estimate of drug-likeness (QED) is 0.784. The Morgan fingerprint density at radius 3 is 2.83 bits per heavy atom. The van der Waals surface area contributed by atoms with E-state index in [1.54, 1.807) is 36.2 Å². The highest BCUT2D eigenvalue weighted by atomic mass is 19.1. The highest BCUT2D eigenvalue weighted by molar-refractivity contribution is 5.90. The van der Waals surface area contributed by atoms with Crippen LogP contribution in [0.25, 0.3) is 0 Å². The number of nitrogens with zero attached hydrogens (tertiary/aromatic N) is 3. The van der Waals surface area contributed by atoms with Gasteiger partial charge in [-0.1, -0.05) is 6.07 Å². The molecule has 0 radical (unpaired) electrons. The molecule has 24 heavy (non-hydrogen) atoms. The molecule has 0 bridgehead atoms. The second-order valence-electron chi connectivity index (χ2n) is 5.80. The van der Waals surface area contributed by atoms with Gasteiger partial charge in [0.1, 0.15) is 0 Å². The number of carbonyl (C=O) groups excluding carboxylic acids is 2. The normalized spacial score (nSPS) is 24.0. The molecular formula is C16H20FN3O4. The van der Waals surface area contributed by atoms with Crippen LogP contribution in [0, 0.1) is 0 Å². The molecule has 1 aromatic rings. The van der Waals surface area contributed by atoms with Crippen molar-refractivity contribution in [1.29, 1.82) is 0 Å². The standard InChI is InChI=1S/C16H20FN3O4/c1-11(21)18(2)15-9-20(16(22)24-15)13-5-3-4-12(8-13)19-6-7-23-10-14(19)17/h3-5,8,14-15H,6-7,9-10H2,1-2H3/t14-,15?/m1/s1. The number of hydrogen-bond acceptors (Lipinski definition) is 5. The predicted octanol–water partition coefficient (Wildman–Crippen LogP) is 1.58. The Bertz CT molecular complexity index is 642. The number of benzene rings is 1. The van der Waals surface area contributed by atoms with Crippen molar-refractivity contribution in [3.05, 3.63) is 24.3 Å². The second-order valence-corrected chi connectivity index (χ2v) is 5.80. The van der Waals surface area contributed by atoms with Gasteiger partial charge >= 0.3 is 6.09 Å². The molecule has 7 nitrogen and oxygen atoms in total. The second kappa shape index (κ2) is 6.64. The number of anilines is 2. The fourth-order valence-electron chi connectivity index (χ4n) is 2.77. The number of morpholine rings is 1. The van der Waals surface area contributed by atoms with Crippen LogP contribution in [0.2, 0.25) is 0 Å². The third-order valence-electron chi connectivity index (χ3n) is 4.27. The molecule has 0 aliphatic carbocycles. The third-order valence-corrected chi connectivity index (χ3v) is 4.27. The van der Waals surface area contributed by atoms with E-state index in [0.29, 0.717) is 24.5 Å². The Kier molecular flexibility index (Phi) is 4.57. The molecule has 2 atom stereocenters. The number of rotatable bonds is 3. The zero-order chi connectivity index (χ0) is 17.3. The summed E-state index contributed by atoms with van der Waals surface area (Å²) in [5, 5.41) is 0. The number of cyclic esters (lactones) is 1. The molecule has 0 N–H and O–H groups in total. The summed E-state index contributed by atoms with van der Waals surface area (Å²) in [6.07, 6.45) is -2.36. The van der Waals surface area contributed by atoms with E-state index in [1.807, 2.05) is 0 Å². The van der Waals surface area contributed by atoms with Gasteiger partial charge in [0.2, 0.25) is 5.91 Å². The van der Waals surface area contributed by atoms with Crippen LogP contribution in [0.5, 0.6) is 0 Å². The minimum absolute atomic E-state index is 0.0292. The van der Waals surface area contributed by atoms with Crippen molar-refractivity contribution < 1.29 is 23.5 Å². The molecule has 2 aliphatic rings. The van der Waals surface area contributed by atoms with Gasteiger partial charge in [0.15, 0.2) is 12.5 Å². The Balaban J connectivity index is 1.79. The van der Waals surface area contributed by atoms with Crippen molar-refractivity contribution in [3.63, 3.8) is 0 Å². The number of hydrogen-bond donors (Lipinski definition) is 0. The smallest absolute Gasteiger partial charge is 0.416 e. The molecule has 2 saturated heterocycles. The third kappa shape index (κ3) is 3.14. The van der Waals surface area contributed by atoms with Crippen molar-refractivity contribution in [2.75, 3.05) is 43.2 Å². The minimum Gasteiger partial charge on any atom is -0.423 e. The first-order valence-corrected chi connectivity index (χ1v) is 7.77. The summed E-state index contributed by atoms with van der Waals surface area (Å²) in [6.45, 7) is 2.59. The highest BCUT2D eigenvalue weighted by Crippen LogP contribution is 2.28. The Morgan fingerprint density at radius 2 is 2.12 bits per heavy atom. The average Bonchev–Trinajstić information content (AvgIpc) is 2.96. The number of ether oxygens (including phenoxy) is 2. The maximum Gasteiger partial charge on any atom is 0.416 e. The molecule has 0 saturated carbocycles. The van der Waals surface area contributed by atoms with Crippen LogP contribution in [-0.4, -0.2) is 62.8 Å². The lowest BCUT2D eigenvalue weighted by molar-refractivity contribution is -0.134. The number of halogens is 1. The summed E-state index contributed by atoms with van der Waals surface area (Å²) in [4.78, 5) is 28.0. The van der Waals surface area contributed by atoms with E-state index in [1.165, 1.54) is 16.7 Å². The van der Waals surface area contributed by atoms with Crippen molar-refractivity contribution in [2.24, 2.45) is 0 Å². The van der Waals surface area contributed by atoms with Crippen LogP contribution < -0.4 is 9.80 Å². The topological polar surface area (TPSA) is 62.3 Å². The van der Waals surface area contributed by atoms with E-state index in [0.717, 1.165) is 0 Å². The fraction of sp³-hybridized carbons (Fsp3) is 0.500. The zero-order valence-electron chi connectivity index (χ0n) is 13.6. The highest BCUT2D eigenvalue weighted by Gasteiger charge is 2.36. The molecule has 8 heteroatoms. The Labute approximate surface area is 139 Å². The van der Waals surface area contributed by atoms with Gasteiger partial charge in [0, 0.05) is 31.9 Å². The molecule has 2 heterocycles. The first-order chi connectivity index (χ1) is 11.5. The lowest BCUT2D eigenvalue weighted by Crippen LogP contribution is -2.43. The average molecular weight is 337 g/mol. The van der Waals surface area contributed by atoms with E-state index in [9.17, 15) is 14.0 Å². The van der Waals surface area contributed by atoms with Crippen molar-refractivity contribution >= 4 is 23.4 Å². The van der Waals surface area contributed by atoms with Crippen LogP contribution in [0.4, 0.5) is 20.6 Å². The van der Waals surface area contributed by atoms with Crippen molar-refractivity contribution in [1.82, 2.24) is 4.90 Å². The SMILES string of the molecule is CC(=O)N(C)C1CN(c2cccc(N3CCOC[C@@H]3F)c2)C(=O)O1. The van der Waals surface area contributed by atoms with E-state index in [2.05, 4.69) is 0 Å². The van der Waals surface area contributed by atoms with Gasteiger partial charge in [-0.3, -0.25) is 9.69 Å². The van der Waals surface area contributed by atoms with E-state index in [-0.39, 0.29) is 19.1 Å². The van der Waals surface area contributed by atoms with Crippen LogP contribution in [0.1, 0.15) is 6.92 Å². The maximum atomic E-state index is 14.0. The van der Waals surface area contributed by atoms with Gasteiger partial charge < -0.3 is 19.3 Å². The van der Waals surface area contributed by atoms with Gasteiger partial charge in [-0.15, -0.1) is 0 Å². The van der Waals surface area contributed by atoms with Crippen molar-refractivity contribution in [2.45, 2.75) is 19.4 Å². The van der Waals surface area contributed by atoms with Crippen LogP contribution in [0.15, 0.2) is 24.3 Å². The van der Waals surface area contributed by atoms with Gasteiger partial charge in [-0.2, -0.15) is 0 Å². The summed E-state index contributed by atoms with van der Waals surface area (Å²) in [5.41, 5.74) is 1.29. The van der Waals surface area contributed by atoms with Gasteiger partial charge in [-0.25, -0.2) is 9.18 Å². The predicted molar refractivity (Wildman–Crippen MR) is 85.6 cm³/mol. The largest absolute Gasteiger partial charge is 0.423 e. The Hall–Kier alpha value is -2.35. The van der Waals surface area contributed by atoms with Gasteiger partial charge in [0.25, 0.3) is 0 Å². The van der Waals surface area contributed by atoms with Crippen LogP contribution >= 0.6 is 0 Å². The van der Waals surface area contributed by atoms with Crippen molar-refractivity contribution in [3.8, 4) is 0 Å². The summed E-state index contributed by atoms with van der Waals surface area (Å²) in [5.74, 6) is -0.183. The molecule has 3 rings (SSSR count). The van der Waals surface area contributed by atoms with Crippen LogP contribution in [0.3, 0.4) is 0 Å². The molecule has 2 aliphatic heterocycles. The number of likely N-dealkylation sites (N-methyl/N-ethyl adjacent to an activating group) is 1. The first-order valence-electron chi connectivity index (χ1n) is 7.77. The van der Waals surface area contributed by atoms with Crippen LogP contribution in [-0.2, 0) is 14.3 Å². The summed E-state index contributed by atoms with van der Waals surface area (Å²) < 4.78 is 24.4. The summed E-state index contributed by atoms with van der Waals surface area (Å²) >= 11 is 0.